The predicted octanol–water partition coefficient (Wildman–Crippen LogP) is 4.06. The molecule has 1 aromatic rings. The van der Waals surface area contributed by atoms with Crippen molar-refractivity contribution in [1.29, 1.82) is 0 Å². The molecule has 1 aliphatic carbocycles. The van der Waals surface area contributed by atoms with Crippen molar-refractivity contribution in [2.45, 2.75) is 76.7 Å². The third kappa shape index (κ3) is 4.86. The van der Waals surface area contributed by atoms with E-state index in [0.717, 1.165) is 24.2 Å². The third-order valence-electron chi connectivity index (χ3n) is 5.16. The second-order valence-electron chi connectivity index (χ2n) is 8.48. The number of aliphatic hydroxyl groups excluding tert-OH is 1. The maximum atomic E-state index is 12.3. The van der Waals surface area contributed by atoms with Gasteiger partial charge in [0.25, 0.3) is 0 Å². The van der Waals surface area contributed by atoms with E-state index >= 15 is 0 Å². The first-order valence-electron chi connectivity index (χ1n) is 9.79. The Morgan fingerprint density at radius 3 is 2.52 bits per heavy atom. The lowest BCUT2D eigenvalue weighted by molar-refractivity contribution is -0.0128. The Balaban J connectivity index is 1.73. The number of benzene rings is 1. The van der Waals surface area contributed by atoms with Crippen LogP contribution in [0.2, 0.25) is 0 Å². The molecule has 3 rings (SSSR count). The molecule has 2 aliphatic rings. The molecular formula is C21H31NO5. The predicted molar refractivity (Wildman–Crippen MR) is 102 cm³/mol. The molecule has 2 unspecified atom stereocenters. The average Bonchev–Trinajstić information content (AvgIpc) is 3.23. The van der Waals surface area contributed by atoms with Gasteiger partial charge in [-0.2, -0.15) is 0 Å². The van der Waals surface area contributed by atoms with Crippen LogP contribution in [0.4, 0.5) is 4.79 Å². The zero-order chi connectivity index (χ0) is 19.6. The topological polar surface area (TPSA) is 68.2 Å². The highest BCUT2D eigenvalue weighted by molar-refractivity contribution is 5.69. The molecule has 6 nitrogen and oxygen atoms in total. The first kappa shape index (κ1) is 19.8. The lowest BCUT2D eigenvalue weighted by atomic mass is 9.97. The van der Waals surface area contributed by atoms with E-state index in [4.69, 9.17) is 14.2 Å². The number of methoxy groups -OCH3 is 1. The van der Waals surface area contributed by atoms with Crippen molar-refractivity contribution in [2.24, 2.45) is 0 Å². The van der Waals surface area contributed by atoms with Gasteiger partial charge in [-0.25, -0.2) is 4.79 Å². The molecule has 1 amide bonds. The molecule has 1 saturated carbocycles. The molecule has 0 bridgehead atoms. The number of amides is 1. The summed E-state index contributed by atoms with van der Waals surface area (Å²) in [7, 11) is 1.64. The van der Waals surface area contributed by atoms with Crippen LogP contribution < -0.4 is 9.47 Å². The second kappa shape index (κ2) is 7.97. The monoisotopic (exact) mass is 377 g/mol. The molecule has 1 saturated heterocycles. The Bertz CT molecular complexity index is 663. The van der Waals surface area contributed by atoms with Gasteiger partial charge in [-0.1, -0.05) is 6.07 Å². The average molecular weight is 377 g/mol. The number of hydrogen-bond donors (Lipinski definition) is 1. The molecule has 27 heavy (non-hydrogen) atoms. The maximum Gasteiger partial charge on any atom is 0.412 e. The standard InChI is InChI=1S/C21H31NO5/c1-21(2,3)27-20(24)22-13-15(12-19(22)23)14-9-10-17(25-4)18(11-14)26-16-7-5-6-8-16/h9-11,15-16,19,23H,5-8,12-13H2,1-4H3. The summed E-state index contributed by atoms with van der Waals surface area (Å²) in [5.74, 6) is 1.49. The van der Waals surface area contributed by atoms with Crippen LogP contribution in [-0.4, -0.2) is 47.7 Å². The van der Waals surface area contributed by atoms with Crippen LogP contribution in [0.15, 0.2) is 18.2 Å². The van der Waals surface area contributed by atoms with Gasteiger partial charge in [0.15, 0.2) is 11.5 Å². The van der Waals surface area contributed by atoms with E-state index in [1.54, 1.807) is 7.11 Å². The van der Waals surface area contributed by atoms with Crippen molar-refractivity contribution in [1.82, 2.24) is 4.90 Å². The van der Waals surface area contributed by atoms with Crippen molar-refractivity contribution >= 4 is 6.09 Å². The Morgan fingerprint density at radius 1 is 1.19 bits per heavy atom. The summed E-state index contributed by atoms with van der Waals surface area (Å²) in [6.45, 7) is 5.88. The van der Waals surface area contributed by atoms with Crippen LogP contribution in [-0.2, 0) is 4.74 Å². The number of likely N-dealkylation sites (tertiary alicyclic amines) is 1. The maximum absolute atomic E-state index is 12.3. The van der Waals surface area contributed by atoms with Crippen LogP contribution in [0, 0.1) is 0 Å². The Hall–Kier alpha value is -1.95. The van der Waals surface area contributed by atoms with E-state index in [2.05, 4.69) is 0 Å². The van der Waals surface area contributed by atoms with Crippen molar-refractivity contribution in [3.63, 3.8) is 0 Å². The van der Waals surface area contributed by atoms with Crippen LogP contribution >= 0.6 is 0 Å². The number of rotatable bonds is 4. The van der Waals surface area contributed by atoms with Gasteiger partial charge in [0.05, 0.1) is 13.2 Å². The highest BCUT2D eigenvalue weighted by Crippen LogP contribution is 2.38. The third-order valence-corrected chi connectivity index (χ3v) is 5.16. The van der Waals surface area contributed by atoms with Gasteiger partial charge in [-0.05, 0) is 64.2 Å². The highest BCUT2D eigenvalue weighted by atomic mass is 16.6. The molecule has 1 N–H and O–H groups in total. The number of carbonyl (C=O) groups excluding carboxylic acids is 1. The molecule has 0 aromatic heterocycles. The molecule has 0 spiro atoms. The first-order valence-corrected chi connectivity index (χ1v) is 9.79. The summed E-state index contributed by atoms with van der Waals surface area (Å²) >= 11 is 0. The summed E-state index contributed by atoms with van der Waals surface area (Å²) in [6, 6.07) is 5.88. The van der Waals surface area contributed by atoms with E-state index in [1.807, 2.05) is 39.0 Å². The fourth-order valence-corrected chi connectivity index (χ4v) is 3.80. The highest BCUT2D eigenvalue weighted by Gasteiger charge is 2.37. The number of carbonyl (C=O) groups is 1. The van der Waals surface area contributed by atoms with E-state index < -0.39 is 17.9 Å². The second-order valence-corrected chi connectivity index (χ2v) is 8.48. The summed E-state index contributed by atoms with van der Waals surface area (Å²) in [5, 5.41) is 10.4. The van der Waals surface area contributed by atoms with Crippen LogP contribution in [0.25, 0.3) is 0 Å². The quantitative estimate of drug-likeness (QED) is 0.857. The van der Waals surface area contributed by atoms with Crippen LogP contribution in [0.5, 0.6) is 11.5 Å². The Morgan fingerprint density at radius 2 is 1.89 bits per heavy atom. The lowest BCUT2D eigenvalue weighted by Crippen LogP contribution is -2.39. The van der Waals surface area contributed by atoms with Gasteiger partial charge in [0, 0.05) is 18.9 Å². The molecule has 2 atom stereocenters. The minimum absolute atomic E-state index is 0.0318. The zero-order valence-corrected chi connectivity index (χ0v) is 16.7. The van der Waals surface area contributed by atoms with Crippen LogP contribution in [0.3, 0.4) is 0 Å². The normalized spacial score (nSPS) is 23.5. The van der Waals surface area contributed by atoms with E-state index in [1.165, 1.54) is 17.7 Å². The van der Waals surface area contributed by atoms with Gasteiger partial charge < -0.3 is 19.3 Å². The number of ether oxygens (including phenoxy) is 3. The van der Waals surface area contributed by atoms with Crippen molar-refractivity contribution < 1.29 is 24.1 Å². The smallest absolute Gasteiger partial charge is 0.412 e. The lowest BCUT2D eigenvalue weighted by Gasteiger charge is -2.26. The minimum Gasteiger partial charge on any atom is -0.493 e. The van der Waals surface area contributed by atoms with Gasteiger partial charge in [-0.3, -0.25) is 4.90 Å². The van der Waals surface area contributed by atoms with Gasteiger partial charge >= 0.3 is 6.09 Å². The summed E-state index contributed by atoms with van der Waals surface area (Å²) in [5.41, 5.74) is 0.450. The minimum atomic E-state index is -0.842. The van der Waals surface area contributed by atoms with Gasteiger partial charge in [0.2, 0.25) is 0 Å². The summed E-state index contributed by atoms with van der Waals surface area (Å²) in [6.07, 6.45) is 3.94. The fourth-order valence-electron chi connectivity index (χ4n) is 3.80. The Labute approximate surface area is 161 Å². The van der Waals surface area contributed by atoms with Gasteiger partial charge in [-0.15, -0.1) is 0 Å². The van der Waals surface area contributed by atoms with Crippen molar-refractivity contribution in [2.75, 3.05) is 13.7 Å². The molecular weight excluding hydrogens is 346 g/mol. The van der Waals surface area contributed by atoms with Crippen LogP contribution in [0.1, 0.15) is 64.4 Å². The Kier molecular flexibility index (Phi) is 5.84. The molecule has 1 aromatic carbocycles. The molecule has 0 radical (unpaired) electrons. The van der Waals surface area contributed by atoms with E-state index in [9.17, 15) is 9.90 Å². The van der Waals surface area contributed by atoms with E-state index in [-0.39, 0.29) is 12.0 Å². The first-order chi connectivity index (χ1) is 12.8. The fraction of sp³-hybridized carbons (Fsp3) is 0.667. The SMILES string of the molecule is COc1ccc(C2CC(O)N(C(=O)OC(C)(C)C)C2)cc1OC1CCCC1. The zero-order valence-electron chi connectivity index (χ0n) is 16.7. The van der Waals surface area contributed by atoms with Crippen molar-refractivity contribution in [3.8, 4) is 11.5 Å². The van der Waals surface area contributed by atoms with Crippen molar-refractivity contribution in [3.05, 3.63) is 23.8 Å². The molecule has 1 aliphatic heterocycles. The molecule has 2 fully saturated rings. The summed E-state index contributed by atoms with van der Waals surface area (Å²) in [4.78, 5) is 13.7. The molecule has 6 heteroatoms. The number of nitrogens with zero attached hydrogens (tertiary/aromatic N) is 1. The number of aliphatic hydroxyl groups is 1. The van der Waals surface area contributed by atoms with E-state index in [0.29, 0.717) is 18.7 Å². The summed E-state index contributed by atoms with van der Waals surface area (Å²) < 4.78 is 17.0. The number of hydrogen-bond acceptors (Lipinski definition) is 5. The molecule has 150 valence electrons. The molecule has 1 heterocycles. The largest absolute Gasteiger partial charge is 0.493 e. The van der Waals surface area contributed by atoms with Gasteiger partial charge in [0.1, 0.15) is 11.8 Å².